The van der Waals surface area contributed by atoms with Gasteiger partial charge in [0.15, 0.2) is 0 Å². The molecule has 1 aliphatic rings. The molecule has 0 radical (unpaired) electrons. The van der Waals surface area contributed by atoms with Crippen LogP contribution in [0.4, 0.5) is 0 Å². The number of nitrogens with zero attached hydrogens (tertiary/aromatic N) is 2. The summed E-state index contributed by atoms with van der Waals surface area (Å²) in [6, 6.07) is 0. The molecule has 0 fully saturated rings. The van der Waals surface area contributed by atoms with E-state index in [0.717, 1.165) is 0 Å². The Labute approximate surface area is 58.3 Å². The van der Waals surface area contributed by atoms with Gasteiger partial charge < -0.3 is 5.11 Å². The van der Waals surface area contributed by atoms with Gasteiger partial charge in [-0.25, -0.2) is 0 Å². The molecule has 0 aromatic carbocycles. The van der Waals surface area contributed by atoms with Crippen molar-refractivity contribution < 1.29 is 9.90 Å². The number of carboxylic acid groups (broad SMARTS) is 1. The van der Waals surface area contributed by atoms with Crippen LogP contribution >= 0.6 is 0 Å². The summed E-state index contributed by atoms with van der Waals surface area (Å²) in [5.41, 5.74) is -0.444. The summed E-state index contributed by atoms with van der Waals surface area (Å²) in [5, 5.41) is 15.8. The molecule has 0 aromatic heterocycles. The van der Waals surface area contributed by atoms with Crippen molar-refractivity contribution in [2.75, 3.05) is 0 Å². The zero-order chi connectivity index (χ0) is 7.78. The molecule has 0 bridgehead atoms. The fourth-order valence-corrected chi connectivity index (χ4v) is 0.638. The zero-order valence-corrected chi connectivity index (χ0v) is 5.83. The second-order valence-corrected chi connectivity index (χ2v) is 2.44. The van der Waals surface area contributed by atoms with E-state index in [4.69, 9.17) is 5.11 Å². The highest BCUT2D eigenvalue weighted by molar-refractivity contribution is 6.19. The highest BCUT2D eigenvalue weighted by Gasteiger charge is 2.37. The second kappa shape index (κ2) is 1.90. The fourth-order valence-electron chi connectivity index (χ4n) is 0.638. The first-order chi connectivity index (χ1) is 4.57. The zero-order valence-electron chi connectivity index (χ0n) is 5.83. The summed E-state index contributed by atoms with van der Waals surface area (Å²) in [7, 11) is 0. The third-order valence-corrected chi connectivity index (χ3v) is 1.72. The van der Waals surface area contributed by atoms with E-state index >= 15 is 0 Å². The third-order valence-electron chi connectivity index (χ3n) is 1.72. The second-order valence-electron chi connectivity index (χ2n) is 2.44. The van der Waals surface area contributed by atoms with Crippen LogP contribution in [0, 0.1) is 5.41 Å². The summed E-state index contributed by atoms with van der Waals surface area (Å²) >= 11 is 0. The van der Waals surface area contributed by atoms with Gasteiger partial charge in [0, 0.05) is 6.21 Å². The smallest absolute Gasteiger partial charge is 0.320 e. The van der Waals surface area contributed by atoms with Crippen LogP contribution in [-0.2, 0) is 4.79 Å². The van der Waals surface area contributed by atoms with Crippen LogP contribution in [-0.4, -0.2) is 23.0 Å². The Balaban J connectivity index is 3.00. The van der Waals surface area contributed by atoms with Crippen molar-refractivity contribution in [3.8, 4) is 0 Å². The van der Waals surface area contributed by atoms with Crippen molar-refractivity contribution in [2.45, 2.75) is 13.8 Å². The Kier molecular flexibility index (Phi) is 1.31. The average Bonchev–Trinajstić information content (AvgIpc) is 2.15. The van der Waals surface area contributed by atoms with Crippen LogP contribution in [0.2, 0.25) is 0 Å². The van der Waals surface area contributed by atoms with Gasteiger partial charge in [0.05, 0.1) is 5.71 Å². The molecule has 1 rings (SSSR count). The van der Waals surface area contributed by atoms with Crippen LogP contribution in [0.5, 0.6) is 0 Å². The summed E-state index contributed by atoms with van der Waals surface area (Å²) in [5.74, 6) is -0.907. The highest BCUT2D eigenvalue weighted by atomic mass is 16.4. The van der Waals surface area contributed by atoms with Crippen molar-refractivity contribution in [1.82, 2.24) is 0 Å². The number of hydrogen-bond acceptors (Lipinski definition) is 3. The van der Waals surface area contributed by atoms with Crippen molar-refractivity contribution >= 4 is 17.9 Å². The molecule has 0 saturated carbocycles. The van der Waals surface area contributed by atoms with Gasteiger partial charge in [0.2, 0.25) is 0 Å². The molecular formula is C6H8N2O2. The molecule has 0 saturated heterocycles. The fraction of sp³-hybridized carbons (Fsp3) is 0.500. The van der Waals surface area contributed by atoms with E-state index in [1.165, 1.54) is 6.21 Å². The van der Waals surface area contributed by atoms with Gasteiger partial charge in [-0.15, -0.1) is 0 Å². The quantitative estimate of drug-likeness (QED) is 0.577. The van der Waals surface area contributed by atoms with Gasteiger partial charge in [-0.1, -0.05) is 0 Å². The number of rotatable bonds is 1. The number of hydrogen-bond donors (Lipinski definition) is 1. The minimum atomic E-state index is -0.972. The Bertz CT molecular complexity index is 232. The lowest BCUT2D eigenvalue weighted by molar-refractivity contribution is -0.140. The molecule has 0 amide bonds. The van der Waals surface area contributed by atoms with Gasteiger partial charge in [-0.2, -0.15) is 10.2 Å². The predicted molar refractivity (Wildman–Crippen MR) is 37.3 cm³/mol. The van der Waals surface area contributed by atoms with E-state index in [9.17, 15) is 4.79 Å². The Morgan fingerprint density at radius 3 is 2.60 bits per heavy atom. The molecule has 1 unspecified atom stereocenters. The summed E-state index contributed by atoms with van der Waals surface area (Å²) in [4.78, 5) is 10.6. The van der Waals surface area contributed by atoms with E-state index < -0.39 is 11.4 Å². The molecule has 1 N–H and O–H groups in total. The van der Waals surface area contributed by atoms with E-state index in [2.05, 4.69) is 10.2 Å². The minimum absolute atomic E-state index is 0.528. The maximum Gasteiger partial charge on any atom is 0.320 e. The minimum Gasteiger partial charge on any atom is -0.480 e. The highest BCUT2D eigenvalue weighted by Crippen LogP contribution is 2.20. The third kappa shape index (κ3) is 0.725. The number of aliphatic carboxylic acids is 1. The van der Waals surface area contributed by atoms with Crippen LogP contribution in [0.3, 0.4) is 0 Å². The molecule has 0 aromatic rings. The number of carbonyl (C=O) groups is 1. The number of carboxylic acids is 1. The summed E-state index contributed by atoms with van der Waals surface area (Å²) < 4.78 is 0. The molecule has 1 heterocycles. The van der Waals surface area contributed by atoms with Crippen LogP contribution in [0.25, 0.3) is 0 Å². The van der Waals surface area contributed by atoms with Gasteiger partial charge in [0.25, 0.3) is 0 Å². The van der Waals surface area contributed by atoms with E-state index in [1.807, 2.05) is 0 Å². The van der Waals surface area contributed by atoms with Gasteiger partial charge in [-0.05, 0) is 13.8 Å². The monoisotopic (exact) mass is 140 g/mol. The largest absolute Gasteiger partial charge is 0.480 e. The summed E-state index contributed by atoms with van der Waals surface area (Å²) in [6.45, 7) is 3.23. The maximum atomic E-state index is 10.6. The van der Waals surface area contributed by atoms with Gasteiger partial charge in [-0.3, -0.25) is 4.79 Å². The summed E-state index contributed by atoms with van der Waals surface area (Å²) in [6.07, 6.45) is 1.34. The van der Waals surface area contributed by atoms with Crippen LogP contribution < -0.4 is 0 Å². The molecule has 10 heavy (non-hydrogen) atoms. The van der Waals surface area contributed by atoms with Crippen molar-refractivity contribution in [3.63, 3.8) is 0 Å². The van der Waals surface area contributed by atoms with E-state index in [-0.39, 0.29) is 0 Å². The normalized spacial score (nSPS) is 30.4. The van der Waals surface area contributed by atoms with Crippen LogP contribution in [0.1, 0.15) is 13.8 Å². The standard InChI is InChI=1S/C6H8N2O2/c1-4-6(2,5(9)10)3-7-8-4/h3H,1-2H3,(H,9,10). The molecular weight excluding hydrogens is 132 g/mol. The van der Waals surface area contributed by atoms with Gasteiger partial charge >= 0.3 is 5.97 Å². The molecule has 4 nitrogen and oxygen atoms in total. The lowest BCUT2D eigenvalue weighted by Gasteiger charge is -2.12. The van der Waals surface area contributed by atoms with Crippen LogP contribution in [0.15, 0.2) is 10.2 Å². The van der Waals surface area contributed by atoms with E-state index in [0.29, 0.717) is 5.71 Å². The molecule has 0 spiro atoms. The molecule has 0 aliphatic carbocycles. The molecule has 4 heteroatoms. The first kappa shape index (κ1) is 6.92. The Morgan fingerprint density at radius 1 is 1.80 bits per heavy atom. The lowest BCUT2D eigenvalue weighted by atomic mass is 9.88. The molecule has 54 valence electrons. The molecule has 1 atom stereocenters. The molecule has 1 aliphatic heterocycles. The lowest BCUT2D eigenvalue weighted by Crippen LogP contribution is -2.33. The predicted octanol–water partition coefficient (Wildman–Crippen LogP) is 0.538. The SMILES string of the molecule is CC1=NN=CC1(C)C(=O)O. The Hall–Kier alpha value is -1.19. The van der Waals surface area contributed by atoms with Crippen molar-refractivity contribution in [1.29, 1.82) is 0 Å². The first-order valence-electron chi connectivity index (χ1n) is 2.90. The van der Waals surface area contributed by atoms with E-state index in [1.54, 1.807) is 13.8 Å². The van der Waals surface area contributed by atoms with Crippen molar-refractivity contribution in [3.05, 3.63) is 0 Å². The Morgan fingerprint density at radius 2 is 2.40 bits per heavy atom. The maximum absolute atomic E-state index is 10.6. The topological polar surface area (TPSA) is 62.0 Å². The average molecular weight is 140 g/mol. The van der Waals surface area contributed by atoms with Gasteiger partial charge in [0.1, 0.15) is 5.41 Å². The van der Waals surface area contributed by atoms with Crippen molar-refractivity contribution in [2.24, 2.45) is 15.6 Å². The first-order valence-corrected chi connectivity index (χ1v) is 2.90.